The first-order valence-electron chi connectivity index (χ1n) is 8.49. The Hall–Kier alpha value is -3.33. The number of anilines is 2. The van der Waals surface area contributed by atoms with Crippen LogP contribution in [0.4, 0.5) is 11.4 Å². The minimum absolute atomic E-state index is 0.0694. The maximum atomic E-state index is 12.1. The van der Waals surface area contributed by atoms with Gasteiger partial charge in [-0.3, -0.25) is 9.59 Å². The third-order valence-electron chi connectivity index (χ3n) is 4.38. The lowest BCUT2D eigenvalue weighted by Crippen LogP contribution is -2.43. The summed E-state index contributed by atoms with van der Waals surface area (Å²) in [6, 6.07) is 16.6. The van der Waals surface area contributed by atoms with E-state index in [1.165, 1.54) is 11.6 Å². The van der Waals surface area contributed by atoms with Crippen LogP contribution in [0.5, 0.6) is 0 Å². The van der Waals surface area contributed by atoms with Crippen LogP contribution in [-0.4, -0.2) is 30.9 Å². The van der Waals surface area contributed by atoms with E-state index < -0.39 is 11.8 Å². The van der Waals surface area contributed by atoms with E-state index in [1.807, 2.05) is 13.0 Å². The van der Waals surface area contributed by atoms with Gasteiger partial charge in [0, 0.05) is 30.5 Å². The molecule has 2 aromatic rings. The van der Waals surface area contributed by atoms with Crippen LogP contribution in [0.2, 0.25) is 0 Å². The third kappa shape index (κ3) is 4.19. The highest BCUT2D eigenvalue weighted by atomic mass is 16.2. The molecule has 0 radical (unpaired) electrons. The Morgan fingerprint density at radius 3 is 2.65 bits per heavy atom. The van der Waals surface area contributed by atoms with E-state index in [0.717, 1.165) is 18.7 Å². The van der Waals surface area contributed by atoms with E-state index in [4.69, 9.17) is 5.26 Å². The Balaban J connectivity index is 1.54. The van der Waals surface area contributed by atoms with Crippen LogP contribution in [0.15, 0.2) is 48.5 Å². The van der Waals surface area contributed by atoms with Crippen LogP contribution in [0, 0.1) is 18.3 Å². The monoisotopic (exact) mass is 348 g/mol. The quantitative estimate of drug-likeness (QED) is 0.833. The topological polar surface area (TPSA) is 85.2 Å². The summed E-state index contributed by atoms with van der Waals surface area (Å²) < 4.78 is 0. The molecule has 1 aliphatic rings. The molecule has 1 saturated heterocycles. The Morgan fingerprint density at radius 2 is 1.92 bits per heavy atom. The molecule has 1 fully saturated rings. The van der Waals surface area contributed by atoms with Crippen molar-refractivity contribution in [2.45, 2.75) is 19.4 Å². The van der Waals surface area contributed by atoms with E-state index in [0.29, 0.717) is 17.8 Å². The van der Waals surface area contributed by atoms with Gasteiger partial charge in [-0.25, -0.2) is 0 Å². The second kappa shape index (κ2) is 7.70. The molecule has 2 N–H and O–H groups in total. The van der Waals surface area contributed by atoms with Crippen molar-refractivity contribution < 1.29 is 9.59 Å². The van der Waals surface area contributed by atoms with Gasteiger partial charge in [0.05, 0.1) is 11.6 Å². The number of rotatable bonds is 3. The Morgan fingerprint density at radius 1 is 1.15 bits per heavy atom. The molecule has 6 nitrogen and oxygen atoms in total. The highest BCUT2D eigenvalue weighted by Crippen LogP contribution is 2.20. The van der Waals surface area contributed by atoms with Crippen molar-refractivity contribution in [1.82, 2.24) is 5.32 Å². The van der Waals surface area contributed by atoms with Crippen molar-refractivity contribution in [3.63, 3.8) is 0 Å². The first-order chi connectivity index (χ1) is 12.5. The van der Waals surface area contributed by atoms with E-state index in [1.54, 1.807) is 18.2 Å². The van der Waals surface area contributed by atoms with Gasteiger partial charge in [0.1, 0.15) is 0 Å². The first kappa shape index (κ1) is 17.5. The number of carbonyl (C=O) groups excluding carboxylic acids is 2. The van der Waals surface area contributed by atoms with Crippen molar-refractivity contribution in [2.24, 2.45) is 0 Å². The largest absolute Gasteiger partial charge is 0.369 e. The van der Waals surface area contributed by atoms with Gasteiger partial charge in [-0.15, -0.1) is 0 Å². The molecule has 0 aliphatic carbocycles. The van der Waals surface area contributed by atoms with E-state index in [9.17, 15) is 9.59 Å². The number of benzene rings is 2. The Bertz CT molecular complexity index is 855. The number of carbonyl (C=O) groups is 2. The fourth-order valence-electron chi connectivity index (χ4n) is 2.97. The molecule has 2 aromatic carbocycles. The molecule has 1 unspecified atom stereocenters. The fraction of sp³-hybridized carbons (Fsp3) is 0.250. The molecule has 0 spiro atoms. The van der Waals surface area contributed by atoms with Crippen molar-refractivity contribution in [3.05, 3.63) is 59.7 Å². The zero-order chi connectivity index (χ0) is 18.5. The molecule has 6 heteroatoms. The standard InChI is InChI=1S/C20H20N4O2/c1-14-5-7-18(8-6-14)24-10-9-17(13-24)23-20(26)19(25)22-16-4-2-3-15(11-16)12-21/h2-8,11,17H,9-10,13H2,1H3,(H,22,25)(H,23,26). The lowest BCUT2D eigenvalue weighted by Gasteiger charge is -2.19. The zero-order valence-corrected chi connectivity index (χ0v) is 14.5. The van der Waals surface area contributed by atoms with Gasteiger partial charge in [0.25, 0.3) is 0 Å². The van der Waals surface area contributed by atoms with Crippen LogP contribution in [0.25, 0.3) is 0 Å². The average molecular weight is 348 g/mol. The van der Waals surface area contributed by atoms with Crippen molar-refractivity contribution in [2.75, 3.05) is 23.3 Å². The summed E-state index contributed by atoms with van der Waals surface area (Å²) in [6.07, 6.45) is 0.789. The van der Waals surface area contributed by atoms with E-state index in [2.05, 4.69) is 39.8 Å². The molecule has 0 saturated carbocycles. The number of nitrogens with zero attached hydrogens (tertiary/aromatic N) is 2. The van der Waals surface area contributed by atoms with E-state index in [-0.39, 0.29) is 6.04 Å². The molecule has 26 heavy (non-hydrogen) atoms. The van der Waals surface area contributed by atoms with Crippen LogP contribution in [0.1, 0.15) is 17.5 Å². The van der Waals surface area contributed by atoms with E-state index >= 15 is 0 Å². The SMILES string of the molecule is Cc1ccc(N2CCC(NC(=O)C(=O)Nc3cccc(C#N)c3)C2)cc1. The summed E-state index contributed by atoms with van der Waals surface area (Å²) in [5.74, 6) is -1.39. The van der Waals surface area contributed by atoms with Crippen LogP contribution in [0.3, 0.4) is 0 Å². The van der Waals surface area contributed by atoms with Crippen molar-refractivity contribution in [1.29, 1.82) is 5.26 Å². The van der Waals surface area contributed by atoms with Gasteiger partial charge in [-0.05, 0) is 43.7 Å². The number of nitriles is 1. The number of hydrogen-bond acceptors (Lipinski definition) is 4. The summed E-state index contributed by atoms with van der Waals surface area (Å²) >= 11 is 0. The number of amides is 2. The minimum atomic E-state index is -0.728. The summed E-state index contributed by atoms with van der Waals surface area (Å²) in [4.78, 5) is 26.4. The molecule has 1 aliphatic heterocycles. The zero-order valence-electron chi connectivity index (χ0n) is 14.5. The predicted molar refractivity (Wildman–Crippen MR) is 99.7 cm³/mol. The second-order valence-electron chi connectivity index (χ2n) is 6.39. The smallest absolute Gasteiger partial charge is 0.313 e. The van der Waals surface area contributed by atoms with Gasteiger partial charge in [0.2, 0.25) is 0 Å². The predicted octanol–water partition coefficient (Wildman–Crippen LogP) is 2.20. The van der Waals surface area contributed by atoms with Crippen LogP contribution < -0.4 is 15.5 Å². The molecule has 1 atom stereocenters. The van der Waals surface area contributed by atoms with Crippen molar-refractivity contribution in [3.8, 4) is 6.07 Å². The minimum Gasteiger partial charge on any atom is -0.369 e. The van der Waals surface area contributed by atoms with Gasteiger partial charge < -0.3 is 15.5 Å². The molecule has 132 valence electrons. The lowest BCUT2D eigenvalue weighted by molar-refractivity contribution is -0.136. The Labute approximate surface area is 152 Å². The summed E-state index contributed by atoms with van der Waals surface area (Å²) in [5, 5.41) is 14.2. The first-order valence-corrected chi connectivity index (χ1v) is 8.49. The number of hydrogen-bond donors (Lipinski definition) is 2. The van der Waals surface area contributed by atoms with Gasteiger partial charge in [-0.1, -0.05) is 23.8 Å². The third-order valence-corrected chi connectivity index (χ3v) is 4.38. The Kier molecular flexibility index (Phi) is 5.18. The normalized spacial score (nSPS) is 16.0. The molecule has 2 amide bonds. The molecule has 3 rings (SSSR count). The maximum Gasteiger partial charge on any atom is 0.313 e. The lowest BCUT2D eigenvalue weighted by atomic mass is 10.2. The summed E-state index contributed by atoms with van der Waals surface area (Å²) in [5.41, 5.74) is 3.17. The molecule has 0 bridgehead atoms. The second-order valence-corrected chi connectivity index (χ2v) is 6.39. The highest BCUT2D eigenvalue weighted by Gasteiger charge is 2.26. The van der Waals surface area contributed by atoms with Gasteiger partial charge in [-0.2, -0.15) is 5.26 Å². The van der Waals surface area contributed by atoms with Crippen molar-refractivity contribution >= 4 is 23.2 Å². The average Bonchev–Trinajstić information content (AvgIpc) is 3.11. The molecular formula is C20H20N4O2. The molecule has 0 aromatic heterocycles. The highest BCUT2D eigenvalue weighted by molar-refractivity contribution is 6.39. The maximum absolute atomic E-state index is 12.1. The number of aryl methyl sites for hydroxylation is 1. The van der Waals surface area contributed by atoms with Gasteiger partial charge >= 0.3 is 11.8 Å². The fourth-order valence-corrected chi connectivity index (χ4v) is 2.97. The van der Waals surface area contributed by atoms with Crippen LogP contribution >= 0.6 is 0 Å². The summed E-state index contributed by atoms with van der Waals surface area (Å²) in [7, 11) is 0. The molecular weight excluding hydrogens is 328 g/mol. The van der Waals surface area contributed by atoms with Crippen LogP contribution in [-0.2, 0) is 9.59 Å². The molecule has 1 heterocycles. The van der Waals surface area contributed by atoms with Gasteiger partial charge in [0.15, 0.2) is 0 Å². The summed E-state index contributed by atoms with van der Waals surface area (Å²) in [6.45, 7) is 3.55. The number of nitrogens with one attached hydrogen (secondary N) is 2.